The molecule has 2 N–H and O–H groups in total. The second-order valence-corrected chi connectivity index (χ2v) is 5.35. The summed E-state index contributed by atoms with van der Waals surface area (Å²) in [6, 6.07) is 0.219. The van der Waals surface area contributed by atoms with E-state index in [-0.39, 0.29) is 24.6 Å². The summed E-state index contributed by atoms with van der Waals surface area (Å²) in [5.41, 5.74) is 0. The molecule has 16 heavy (non-hydrogen) atoms. The molecule has 0 spiro atoms. The van der Waals surface area contributed by atoms with Crippen molar-refractivity contribution in [2.75, 3.05) is 31.7 Å². The van der Waals surface area contributed by atoms with Gasteiger partial charge in [0.25, 0.3) is 0 Å². The Morgan fingerprint density at radius 1 is 1.69 bits per heavy atom. The fourth-order valence-corrected chi connectivity index (χ4v) is 2.58. The highest BCUT2D eigenvalue weighted by Gasteiger charge is 2.23. The quantitative estimate of drug-likeness (QED) is 0.782. The first-order chi connectivity index (χ1) is 7.67. The Balaban J connectivity index is 2.35. The number of thioether (sulfide) groups is 1. The number of hydrogen-bond donors (Lipinski definition) is 2. The zero-order valence-corrected chi connectivity index (χ0v) is 10.9. The van der Waals surface area contributed by atoms with E-state index >= 15 is 0 Å². The summed E-state index contributed by atoms with van der Waals surface area (Å²) in [5, 5.41) is 12.1. The molecule has 2 atom stereocenters. The van der Waals surface area contributed by atoms with E-state index in [1.54, 1.807) is 11.8 Å². The molecule has 1 aliphatic rings. The fraction of sp³-hybridized carbons (Fsp3) is 0.909. The van der Waals surface area contributed by atoms with E-state index in [1.807, 2.05) is 18.1 Å². The first-order valence-electron chi connectivity index (χ1n) is 5.82. The minimum Gasteiger partial charge on any atom is -0.396 e. The number of aliphatic hydroxyl groups is 1. The Hall–Kier alpha value is -0.420. The van der Waals surface area contributed by atoms with Crippen LogP contribution in [0.25, 0.3) is 0 Å². The molecule has 2 amide bonds. The van der Waals surface area contributed by atoms with E-state index in [1.165, 1.54) is 0 Å². The number of urea groups is 1. The van der Waals surface area contributed by atoms with Crippen molar-refractivity contribution in [2.24, 2.45) is 5.92 Å². The number of likely N-dealkylation sites (tertiary alicyclic amines) is 1. The second kappa shape index (κ2) is 7.01. The van der Waals surface area contributed by atoms with E-state index in [2.05, 4.69) is 5.32 Å². The van der Waals surface area contributed by atoms with Gasteiger partial charge < -0.3 is 15.3 Å². The minimum absolute atomic E-state index is 0.0136. The number of nitrogens with one attached hydrogen (secondary N) is 1. The van der Waals surface area contributed by atoms with Gasteiger partial charge in [0.05, 0.1) is 0 Å². The van der Waals surface area contributed by atoms with Gasteiger partial charge in [-0.25, -0.2) is 4.79 Å². The highest BCUT2D eigenvalue weighted by atomic mass is 32.2. The smallest absolute Gasteiger partial charge is 0.317 e. The lowest BCUT2D eigenvalue weighted by atomic mass is 9.99. The van der Waals surface area contributed by atoms with Crippen LogP contribution in [0.3, 0.4) is 0 Å². The van der Waals surface area contributed by atoms with Crippen LogP contribution in [-0.2, 0) is 0 Å². The molecule has 5 heteroatoms. The van der Waals surface area contributed by atoms with Gasteiger partial charge in [0.1, 0.15) is 0 Å². The highest BCUT2D eigenvalue weighted by Crippen LogP contribution is 2.15. The monoisotopic (exact) mass is 246 g/mol. The lowest BCUT2D eigenvalue weighted by molar-refractivity contribution is 0.128. The molecule has 0 saturated carbocycles. The lowest BCUT2D eigenvalue weighted by Gasteiger charge is -2.32. The van der Waals surface area contributed by atoms with Crippen molar-refractivity contribution >= 4 is 17.8 Å². The van der Waals surface area contributed by atoms with Crippen molar-refractivity contribution in [3.05, 3.63) is 0 Å². The molecule has 4 nitrogen and oxygen atoms in total. The third kappa shape index (κ3) is 4.22. The maximum atomic E-state index is 11.9. The Labute approximate surface area is 102 Å². The topological polar surface area (TPSA) is 52.6 Å². The molecule has 0 aromatic carbocycles. The Morgan fingerprint density at radius 2 is 2.44 bits per heavy atom. The standard InChI is InChI=1S/C11H22N2O2S/c1-9(8-16-2)12-11(15)13-5-3-4-10(6-13)7-14/h9-10,14H,3-8H2,1-2H3,(H,12,15). The molecule has 2 unspecified atom stereocenters. The summed E-state index contributed by atoms with van der Waals surface area (Å²) in [5.74, 6) is 1.19. The van der Waals surface area contributed by atoms with Gasteiger partial charge in [-0.05, 0) is 31.9 Å². The van der Waals surface area contributed by atoms with Crippen molar-refractivity contribution in [2.45, 2.75) is 25.8 Å². The number of hydrogen-bond acceptors (Lipinski definition) is 3. The fourth-order valence-electron chi connectivity index (χ4n) is 1.99. The van der Waals surface area contributed by atoms with Gasteiger partial charge in [-0.3, -0.25) is 0 Å². The molecule has 0 aliphatic carbocycles. The normalized spacial score (nSPS) is 22.9. The molecule has 1 heterocycles. The molecule has 0 bridgehead atoms. The van der Waals surface area contributed by atoms with Gasteiger partial charge in [-0.1, -0.05) is 0 Å². The summed E-state index contributed by atoms with van der Waals surface area (Å²) < 4.78 is 0. The number of carbonyl (C=O) groups excluding carboxylic acids is 1. The van der Waals surface area contributed by atoms with E-state index in [9.17, 15) is 4.79 Å². The minimum atomic E-state index is 0.0136. The first kappa shape index (κ1) is 13.6. The average molecular weight is 246 g/mol. The van der Waals surface area contributed by atoms with E-state index < -0.39 is 0 Å². The third-order valence-electron chi connectivity index (χ3n) is 2.85. The number of carbonyl (C=O) groups is 1. The van der Waals surface area contributed by atoms with Gasteiger partial charge in [-0.2, -0.15) is 11.8 Å². The van der Waals surface area contributed by atoms with Crippen LogP contribution < -0.4 is 5.32 Å². The first-order valence-corrected chi connectivity index (χ1v) is 7.22. The van der Waals surface area contributed by atoms with Gasteiger partial charge in [0, 0.05) is 31.5 Å². The largest absolute Gasteiger partial charge is 0.396 e. The van der Waals surface area contributed by atoms with E-state index in [0.29, 0.717) is 6.54 Å². The zero-order chi connectivity index (χ0) is 12.0. The second-order valence-electron chi connectivity index (χ2n) is 4.44. The molecular weight excluding hydrogens is 224 g/mol. The predicted octanol–water partition coefficient (Wildman–Crippen LogP) is 1.15. The van der Waals surface area contributed by atoms with Crippen LogP contribution >= 0.6 is 11.8 Å². The van der Waals surface area contributed by atoms with Gasteiger partial charge in [0.15, 0.2) is 0 Å². The van der Waals surface area contributed by atoms with Gasteiger partial charge >= 0.3 is 6.03 Å². The maximum absolute atomic E-state index is 11.9. The van der Waals surface area contributed by atoms with Crippen molar-refractivity contribution < 1.29 is 9.90 Å². The van der Waals surface area contributed by atoms with Crippen LogP contribution in [-0.4, -0.2) is 53.8 Å². The van der Waals surface area contributed by atoms with Crippen molar-refractivity contribution in [1.82, 2.24) is 10.2 Å². The summed E-state index contributed by atoms with van der Waals surface area (Å²) in [6.45, 7) is 3.70. The molecule has 1 aliphatic heterocycles. The number of rotatable bonds is 4. The lowest BCUT2D eigenvalue weighted by Crippen LogP contribution is -2.49. The predicted molar refractivity (Wildman–Crippen MR) is 67.8 cm³/mol. The summed E-state index contributed by atoms with van der Waals surface area (Å²) in [4.78, 5) is 13.7. The zero-order valence-electron chi connectivity index (χ0n) is 10.1. The van der Waals surface area contributed by atoms with E-state index in [0.717, 1.165) is 25.1 Å². The van der Waals surface area contributed by atoms with Crippen LogP contribution in [0.2, 0.25) is 0 Å². The van der Waals surface area contributed by atoms with Crippen molar-refractivity contribution in [3.63, 3.8) is 0 Å². The average Bonchev–Trinajstić information content (AvgIpc) is 2.29. The molecule has 94 valence electrons. The van der Waals surface area contributed by atoms with Crippen molar-refractivity contribution in [3.8, 4) is 0 Å². The molecule has 0 radical (unpaired) electrons. The Kier molecular flexibility index (Phi) is 5.98. The van der Waals surface area contributed by atoms with Crippen LogP contribution in [0.5, 0.6) is 0 Å². The molecule has 1 fully saturated rings. The Bertz CT molecular complexity index is 226. The summed E-state index contributed by atoms with van der Waals surface area (Å²) >= 11 is 1.73. The molecular formula is C11H22N2O2S. The molecule has 1 rings (SSSR count). The summed E-state index contributed by atoms with van der Waals surface area (Å²) in [6.07, 6.45) is 4.06. The van der Waals surface area contributed by atoms with Crippen LogP contribution in [0.1, 0.15) is 19.8 Å². The number of nitrogens with zero attached hydrogens (tertiary/aromatic N) is 1. The van der Waals surface area contributed by atoms with Crippen LogP contribution in [0.4, 0.5) is 4.79 Å². The number of piperidine rings is 1. The van der Waals surface area contributed by atoms with Crippen LogP contribution in [0, 0.1) is 5.92 Å². The molecule has 0 aromatic rings. The maximum Gasteiger partial charge on any atom is 0.317 e. The van der Waals surface area contributed by atoms with E-state index in [4.69, 9.17) is 5.11 Å². The van der Waals surface area contributed by atoms with Crippen LogP contribution in [0.15, 0.2) is 0 Å². The highest BCUT2D eigenvalue weighted by molar-refractivity contribution is 7.98. The van der Waals surface area contributed by atoms with Crippen molar-refractivity contribution in [1.29, 1.82) is 0 Å². The SMILES string of the molecule is CSCC(C)NC(=O)N1CCCC(CO)C1. The third-order valence-corrected chi connectivity index (χ3v) is 3.68. The number of amides is 2. The molecule has 1 saturated heterocycles. The number of aliphatic hydroxyl groups excluding tert-OH is 1. The Morgan fingerprint density at radius 3 is 3.06 bits per heavy atom. The van der Waals surface area contributed by atoms with Gasteiger partial charge in [-0.15, -0.1) is 0 Å². The summed E-state index contributed by atoms with van der Waals surface area (Å²) in [7, 11) is 0. The van der Waals surface area contributed by atoms with Gasteiger partial charge in [0.2, 0.25) is 0 Å². The molecule has 0 aromatic heterocycles.